The SMILES string of the molecule is O=C(CCc1cc(F)ccc1F)N1CCC(N2CCNCC2)C1. The van der Waals surface area contributed by atoms with Gasteiger partial charge in [-0.1, -0.05) is 0 Å². The highest BCUT2D eigenvalue weighted by atomic mass is 19.1. The minimum atomic E-state index is -0.464. The molecule has 1 atom stereocenters. The van der Waals surface area contributed by atoms with Crippen LogP contribution in [-0.2, 0) is 11.2 Å². The predicted molar refractivity (Wildman–Crippen MR) is 84.1 cm³/mol. The fraction of sp³-hybridized carbons (Fsp3) is 0.588. The monoisotopic (exact) mass is 323 g/mol. The van der Waals surface area contributed by atoms with Crippen molar-refractivity contribution < 1.29 is 13.6 Å². The fourth-order valence-corrected chi connectivity index (χ4v) is 3.45. The summed E-state index contributed by atoms with van der Waals surface area (Å²) in [5.41, 5.74) is 0.274. The molecule has 126 valence electrons. The highest BCUT2D eigenvalue weighted by Gasteiger charge is 2.30. The second kappa shape index (κ2) is 7.36. The van der Waals surface area contributed by atoms with Crippen molar-refractivity contribution in [2.24, 2.45) is 0 Å². The van der Waals surface area contributed by atoms with Crippen molar-refractivity contribution in [1.82, 2.24) is 15.1 Å². The van der Waals surface area contributed by atoms with E-state index in [9.17, 15) is 13.6 Å². The third-order valence-corrected chi connectivity index (χ3v) is 4.80. The molecule has 2 aliphatic heterocycles. The molecule has 2 saturated heterocycles. The zero-order valence-corrected chi connectivity index (χ0v) is 13.2. The molecule has 1 aromatic carbocycles. The third kappa shape index (κ3) is 4.06. The Labute approximate surface area is 135 Å². The van der Waals surface area contributed by atoms with Crippen LogP contribution in [-0.4, -0.2) is 61.0 Å². The number of halogens is 2. The molecule has 1 unspecified atom stereocenters. The molecule has 0 saturated carbocycles. The summed E-state index contributed by atoms with van der Waals surface area (Å²) in [4.78, 5) is 16.6. The van der Waals surface area contributed by atoms with Crippen LogP contribution >= 0.6 is 0 Å². The van der Waals surface area contributed by atoms with Crippen molar-refractivity contribution in [2.75, 3.05) is 39.3 Å². The molecule has 2 fully saturated rings. The van der Waals surface area contributed by atoms with E-state index in [1.807, 2.05) is 4.90 Å². The molecule has 6 heteroatoms. The molecule has 1 amide bonds. The topological polar surface area (TPSA) is 35.6 Å². The maximum atomic E-state index is 13.6. The van der Waals surface area contributed by atoms with Gasteiger partial charge in [0.15, 0.2) is 0 Å². The average molecular weight is 323 g/mol. The molecule has 0 aliphatic carbocycles. The van der Waals surface area contributed by atoms with Crippen LogP contribution in [0, 0.1) is 11.6 Å². The summed E-state index contributed by atoms with van der Waals surface area (Å²) in [5.74, 6) is -0.876. The zero-order valence-electron chi connectivity index (χ0n) is 13.2. The number of likely N-dealkylation sites (tertiary alicyclic amines) is 1. The van der Waals surface area contributed by atoms with Crippen molar-refractivity contribution in [1.29, 1.82) is 0 Å². The van der Waals surface area contributed by atoms with Gasteiger partial charge < -0.3 is 10.2 Å². The highest BCUT2D eigenvalue weighted by Crippen LogP contribution is 2.18. The maximum absolute atomic E-state index is 13.6. The second-order valence-electron chi connectivity index (χ2n) is 6.30. The quantitative estimate of drug-likeness (QED) is 0.910. The van der Waals surface area contributed by atoms with Gasteiger partial charge in [0.1, 0.15) is 11.6 Å². The first kappa shape index (κ1) is 16.3. The van der Waals surface area contributed by atoms with Crippen molar-refractivity contribution in [3.63, 3.8) is 0 Å². The molecule has 0 bridgehead atoms. The smallest absolute Gasteiger partial charge is 0.222 e. The number of aryl methyl sites for hydroxylation is 1. The van der Waals surface area contributed by atoms with Gasteiger partial charge >= 0.3 is 0 Å². The first-order valence-electron chi connectivity index (χ1n) is 8.30. The molecule has 23 heavy (non-hydrogen) atoms. The molecule has 0 radical (unpaired) electrons. The summed E-state index contributed by atoms with van der Waals surface area (Å²) in [6.07, 6.45) is 1.48. The number of benzene rings is 1. The highest BCUT2D eigenvalue weighted by molar-refractivity contribution is 5.76. The summed E-state index contributed by atoms with van der Waals surface area (Å²) in [6, 6.07) is 3.83. The molecule has 3 rings (SSSR count). The molecular weight excluding hydrogens is 300 g/mol. The Morgan fingerprint density at radius 1 is 1.22 bits per heavy atom. The minimum Gasteiger partial charge on any atom is -0.341 e. The largest absolute Gasteiger partial charge is 0.341 e. The van der Waals surface area contributed by atoms with Gasteiger partial charge in [0, 0.05) is 51.7 Å². The van der Waals surface area contributed by atoms with E-state index in [1.165, 1.54) is 6.07 Å². The Morgan fingerprint density at radius 2 is 2.00 bits per heavy atom. The normalized spacial score (nSPS) is 22.5. The van der Waals surface area contributed by atoms with Crippen LogP contribution in [0.15, 0.2) is 18.2 Å². The van der Waals surface area contributed by atoms with Gasteiger partial charge in [-0.15, -0.1) is 0 Å². The van der Waals surface area contributed by atoms with Crippen molar-refractivity contribution in [3.05, 3.63) is 35.4 Å². The Bertz CT molecular complexity index is 561. The van der Waals surface area contributed by atoms with E-state index in [1.54, 1.807) is 0 Å². The molecule has 0 aromatic heterocycles. The Balaban J connectivity index is 1.50. The number of piperazine rings is 1. The van der Waals surface area contributed by atoms with E-state index in [0.717, 1.165) is 57.8 Å². The number of carbonyl (C=O) groups excluding carboxylic acids is 1. The standard InChI is InChI=1S/C17H23F2N3O/c18-14-2-3-16(19)13(11-14)1-4-17(23)22-8-5-15(12-22)21-9-6-20-7-10-21/h2-3,11,15,20H,1,4-10,12H2. The van der Waals surface area contributed by atoms with Crippen LogP contribution in [0.4, 0.5) is 8.78 Å². The number of hydrogen-bond donors (Lipinski definition) is 1. The van der Waals surface area contributed by atoms with Gasteiger partial charge in [-0.25, -0.2) is 8.78 Å². The molecule has 1 N–H and O–H groups in total. The Morgan fingerprint density at radius 3 is 2.78 bits per heavy atom. The first-order chi connectivity index (χ1) is 11.1. The van der Waals surface area contributed by atoms with Gasteiger partial charge in [-0.3, -0.25) is 9.69 Å². The van der Waals surface area contributed by atoms with Gasteiger partial charge in [0.2, 0.25) is 5.91 Å². The number of nitrogens with zero attached hydrogens (tertiary/aromatic N) is 2. The van der Waals surface area contributed by atoms with E-state index in [-0.39, 0.29) is 24.3 Å². The zero-order chi connectivity index (χ0) is 16.2. The maximum Gasteiger partial charge on any atom is 0.222 e. The van der Waals surface area contributed by atoms with Crippen LogP contribution in [0.3, 0.4) is 0 Å². The van der Waals surface area contributed by atoms with Crippen molar-refractivity contribution in [3.8, 4) is 0 Å². The average Bonchev–Trinajstić information content (AvgIpc) is 3.06. The van der Waals surface area contributed by atoms with Crippen LogP contribution in [0.1, 0.15) is 18.4 Å². The van der Waals surface area contributed by atoms with Gasteiger partial charge in [0.25, 0.3) is 0 Å². The number of nitrogens with one attached hydrogen (secondary N) is 1. The van der Waals surface area contributed by atoms with E-state index in [2.05, 4.69) is 10.2 Å². The minimum absolute atomic E-state index is 0.0336. The summed E-state index contributed by atoms with van der Waals surface area (Å²) in [5, 5.41) is 3.33. The third-order valence-electron chi connectivity index (χ3n) is 4.80. The van der Waals surface area contributed by atoms with Crippen LogP contribution in [0.5, 0.6) is 0 Å². The van der Waals surface area contributed by atoms with Gasteiger partial charge in [-0.05, 0) is 36.6 Å². The van der Waals surface area contributed by atoms with E-state index in [0.29, 0.717) is 6.04 Å². The first-order valence-corrected chi connectivity index (χ1v) is 8.30. The fourth-order valence-electron chi connectivity index (χ4n) is 3.45. The summed E-state index contributed by atoms with van der Waals surface area (Å²) >= 11 is 0. The van der Waals surface area contributed by atoms with E-state index < -0.39 is 11.6 Å². The number of rotatable bonds is 4. The van der Waals surface area contributed by atoms with E-state index >= 15 is 0 Å². The molecule has 0 spiro atoms. The summed E-state index contributed by atoms with van der Waals surface area (Å²) in [6.45, 7) is 5.58. The lowest BCUT2D eigenvalue weighted by Gasteiger charge is -2.32. The Kier molecular flexibility index (Phi) is 5.23. The number of hydrogen-bond acceptors (Lipinski definition) is 3. The van der Waals surface area contributed by atoms with E-state index in [4.69, 9.17) is 0 Å². The molecular formula is C17H23F2N3O. The van der Waals surface area contributed by atoms with Crippen LogP contribution < -0.4 is 5.32 Å². The van der Waals surface area contributed by atoms with Crippen molar-refractivity contribution in [2.45, 2.75) is 25.3 Å². The summed E-state index contributed by atoms with van der Waals surface area (Å²) < 4.78 is 26.8. The van der Waals surface area contributed by atoms with Crippen LogP contribution in [0.2, 0.25) is 0 Å². The second-order valence-corrected chi connectivity index (χ2v) is 6.30. The van der Waals surface area contributed by atoms with Gasteiger partial charge in [-0.2, -0.15) is 0 Å². The molecule has 1 aromatic rings. The predicted octanol–water partition coefficient (Wildman–Crippen LogP) is 1.40. The molecule has 2 aliphatic rings. The lowest BCUT2D eigenvalue weighted by Crippen LogP contribution is -2.49. The number of carbonyl (C=O) groups is 1. The molecule has 2 heterocycles. The number of amides is 1. The summed E-state index contributed by atoms with van der Waals surface area (Å²) in [7, 11) is 0. The van der Waals surface area contributed by atoms with Crippen LogP contribution in [0.25, 0.3) is 0 Å². The Hall–Kier alpha value is -1.53. The molecule has 4 nitrogen and oxygen atoms in total. The van der Waals surface area contributed by atoms with Gasteiger partial charge in [0.05, 0.1) is 0 Å². The lowest BCUT2D eigenvalue weighted by atomic mass is 10.1. The lowest BCUT2D eigenvalue weighted by molar-refractivity contribution is -0.130. The van der Waals surface area contributed by atoms with Crippen molar-refractivity contribution >= 4 is 5.91 Å².